The molecular weight excluding hydrogens is 364 g/mol. The summed E-state index contributed by atoms with van der Waals surface area (Å²) in [4.78, 5) is 25.3. The minimum Gasteiger partial charge on any atom is -0.496 e. The fraction of sp³-hybridized carbons (Fsp3) is 0.200. The molecule has 27 heavy (non-hydrogen) atoms. The molecule has 0 unspecified atom stereocenters. The average molecular weight is 384 g/mol. The van der Waals surface area contributed by atoms with Gasteiger partial charge in [0.1, 0.15) is 5.75 Å². The summed E-state index contributed by atoms with van der Waals surface area (Å²) in [6, 6.07) is 12.3. The second kappa shape index (κ2) is 8.09. The van der Waals surface area contributed by atoms with Crippen LogP contribution in [-0.4, -0.2) is 18.9 Å². The van der Waals surface area contributed by atoms with E-state index in [4.69, 9.17) is 9.15 Å². The first-order chi connectivity index (χ1) is 13.0. The Hall–Kier alpha value is -3.06. The van der Waals surface area contributed by atoms with Gasteiger partial charge in [-0.1, -0.05) is 18.2 Å². The van der Waals surface area contributed by atoms with E-state index in [9.17, 15) is 9.59 Å². The Morgan fingerprint density at radius 1 is 1.15 bits per heavy atom. The summed E-state index contributed by atoms with van der Waals surface area (Å²) in [5.41, 5.74) is 1.69. The van der Waals surface area contributed by atoms with Crippen LogP contribution in [-0.2, 0) is 0 Å². The molecule has 0 aliphatic rings. The Morgan fingerprint density at radius 3 is 2.63 bits per heavy atom. The normalized spacial score (nSPS) is 11.7. The molecule has 3 aromatic rings. The summed E-state index contributed by atoms with van der Waals surface area (Å²) in [5.74, 6) is 0.390. The van der Waals surface area contributed by atoms with Gasteiger partial charge < -0.3 is 19.8 Å². The predicted octanol–water partition coefficient (Wildman–Crippen LogP) is 4.40. The second-order valence-corrected chi connectivity index (χ2v) is 7.04. The van der Waals surface area contributed by atoms with Crippen molar-refractivity contribution < 1.29 is 18.7 Å². The second-order valence-electron chi connectivity index (χ2n) is 5.99. The van der Waals surface area contributed by atoms with Crippen molar-refractivity contribution in [3.05, 3.63) is 70.5 Å². The predicted molar refractivity (Wildman–Crippen MR) is 105 cm³/mol. The number of nitrogens with one attached hydrogen (secondary N) is 2. The maximum Gasteiger partial charge on any atom is 0.291 e. The summed E-state index contributed by atoms with van der Waals surface area (Å²) in [6.07, 6.45) is 1.44. The van der Waals surface area contributed by atoms with E-state index < -0.39 is 0 Å². The van der Waals surface area contributed by atoms with Crippen molar-refractivity contribution in [3.8, 4) is 5.75 Å². The van der Waals surface area contributed by atoms with Crippen molar-refractivity contribution in [2.24, 2.45) is 0 Å². The van der Waals surface area contributed by atoms with E-state index >= 15 is 0 Å². The summed E-state index contributed by atoms with van der Waals surface area (Å²) >= 11 is 1.22. The molecule has 0 saturated heterocycles. The van der Waals surface area contributed by atoms with Gasteiger partial charge in [0.2, 0.25) is 0 Å². The highest BCUT2D eigenvalue weighted by molar-refractivity contribution is 7.18. The van der Waals surface area contributed by atoms with Crippen molar-refractivity contribution in [2.45, 2.75) is 19.9 Å². The Kier molecular flexibility index (Phi) is 5.61. The zero-order chi connectivity index (χ0) is 19.4. The zero-order valence-electron chi connectivity index (χ0n) is 15.2. The van der Waals surface area contributed by atoms with E-state index in [0.717, 1.165) is 16.9 Å². The molecule has 0 radical (unpaired) electrons. The molecule has 3 rings (SSSR count). The van der Waals surface area contributed by atoms with Crippen LogP contribution in [0.5, 0.6) is 5.75 Å². The Morgan fingerprint density at radius 2 is 1.93 bits per heavy atom. The highest BCUT2D eigenvalue weighted by atomic mass is 32.1. The summed E-state index contributed by atoms with van der Waals surface area (Å²) in [5, 5.41) is 6.32. The third kappa shape index (κ3) is 4.20. The van der Waals surface area contributed by atoms with E-state index in [1.165, 1.54) is 17.6 Å². The van der Waals surface area contributed by atoms with Crippen LogP contribution in [0.3, 0.4) is 0 Å². The van der Waals surface area contributed by atoms with Crippen LogP contribution < -0.4 is 15.4 Å². The summed E-state index contributed by atoms with van der Waals surface area (Å²) in [7, 11) is 1.60. The minimum atomic E-state index is -0.351. The molecule has 0 fully saturated rings. The van der Waals surface area contributed by atoms with Crippen molar-refractivity contribution in [1.29, 1.82) is 0 Å². The number of aryl methyl sites for hydroxylation is 1. The van der Waals surface area contributed by atoms with Gasteiger partial charge in [0.15, 0.2) is 5.76 Å². The first-order valence-electron chi connectivity index (χ1n) is 8.38. The number of methoxy groups -OCH3 is 1. The fourth-order valence-corrected chi connectivity index (χ4v) is 3.69. The molecule has 0 aliphatic heterocycles. The van der Waals surface area contributed by atoms with Crippen LogP contribution in [0.15, 0.2) is 53.1 Å². The van der Waals surface area contributed by atoms with Crippen LogP contribution in [0.25, 0.3) is 0 Å². The Balaban J connectivity index is 1.71. The van der Waals surface area contributed by atoms with E-state index in [1.54, 1.807) is 25.3 Å². The van der Waals surface area contributed by atoms with Crippen LogP contribution in [0.2, 0.25) is 0 Å². The van der Waals surface area contributed by atoms with Gasteiger partial charge in [0.05, 0.1) is 29.3 Å². The molecule has 2 heterocycles. The molecule has 7 heteroatoms. The fourth-order valence-electron chi connectivity index (χ4n) is 2.71. The molecule has 2 N–H and O–H groups in total. The van der Waals surface area contributed by atoms with Crippen molar-refractivity contribution in [2.75, 3.05) is 12.4 Å². The van der Waals surface area contributed by atoms with Gasteiger partial charge in [-0.05, 0) is 43.7 Å². The lowest BCUT2D eigenvalue weighted by atomic mass is 10.1. The number of rotatable bonds is 6. The van der Waals surface area contributed by atoms with E-state index in [-0.39, 0.29) is 23.6 Å². The highest BCUT2D eigenvalue weighted by Crippen LogP contribution is 2.29. The molecule has 6 nitrogen and oxygen atoms in total. The van der Waals surface area contributed by atoms with Gasteiger partial charge in [-0.2, -0.15) is 0 Å². The summed E-state index contributed by atoms with van der Waals surface area (Å²) < 4.78 is 10.4. The van der Waals surface area contributed by atoms with E-state index in [0.29, 0.717) is 9.88 Å². The number of para-hydroxylation sites is 1. The molecular formula is C20H20N2O4S. The number of carbonyl (C=O) groups excluding carboxylic acids is 2. The number of benzene rings is 1. The first kappa shape index (κ1) is 18.7. The zero-order valence-corrected chi connectivity index (χ0v) is 16.1. The molecule has 1 atom stereocenters. The lowest BCUT2D eigenvalue weighted by molar-refractivity contribution is 0.0942. The minimum absolute atomic E-state index is 0.200. The summed E-state index contributed by atoms with van der Waals surface area (Å²) in [6.45, 7) is 3.74. The Labute approximate surface area is 161 Å². The number of anilines is 1. The molecule has 0 aliphatic carbocycles. The van der Waals surface area contributed by atoms with Crippen molar-refractivity contribution in [3.63, 3.8) is 0 Å². The van der Waals surface area contributed by atoms with Crippen molar-refractivity contribution >= 4 is 28.2 Å². The monoisotopic (exact) mass is 384 g/mol. The molecule has 2 aromatic heterocycles. The van der Waals surface area contributed by atoms with E-state index in [2.05, 4.69) is 10.6 Å². The van der Waals surface area contributed by atoms with Crippen LogP contribution in [0.4, 0.5) is 5.00 Å². The van der Waals surface area contributed by atoms with Gasteiger partial charge in [0, 0.05) is 5.56 Å². The standard InChI is InChI=1S/C20H20N2O4S/c1-12-11-17(22-19(23)16-9-6-10-26-16)27-18(12)20(24)21-13(2)14-7-4-5-8-15(14)25-3/h4-11,13H,1-3H3,(H,21,24)(H,22,23)/t13-/m0/s1. The third-order valence-electron chi connectivity index (χ3n) is 4.06. The van der Waals surface area contributed by atoms with Gasteiger partial charge in [0.25, 0.3) is 11.8 Å². The lowest BCUT2D eigenvalue weighted by Crippen LogP contribution is -2.26. The molecule has 2 amide bonds. The smallest absolute Gasteiger partial charge is 0.291 e. The highest BCUT2D eigenvalue weighted by Gasteiger charge is 2.19. The Bertz CT molecular complexity index is 947. The SMILES string of the molecule is COc1ccccc1[C@H](C)NC(=O)c1sc(NC(=O)c2ccco2)cc1C. The number of furan rings is 1. The maximum absolute atomic E-state index is 12.7. The lowest BCUT2D eigenvalue weighted by Gasteiger charge is -2.17. The van der Waals surface area contributed by atoms with Gasteiger partial charge in [-0.15, -0.1) is 11.3 Å². The van der Waals surface area contributed by atoms with Gasteiger partial charge in [-0.25, -0.2) is 0 Å². The molecule has 0 saturated carbocycles. The van der Waals surface area contributed by atoms with Gasteiger partial charge >= 0.3 is 0 Å². The molecule has 0 spiro atoms. The van der Waals surface area contributed by atoms with Crippen molar-refractivity contribution in [1.82, 2.24) is 5.32 Å². The number of hydrogen-bond donors (Lipinski definition) is 2. The van der Waals surface area contributed by atoms with Gasteiger partial charge in [-0.3, -0.25) is 9.59 Å². The topological polar surface area (TPSA) is 80.6 Å². The number of amides is 2. The van der Waals surface area contributed by atoms with E-state index in [1.807, 2.05) is 38.1 Å². The third-order valence-corrected chi connectivity index (χ3v) is 5.21. The van der Waals surface area contributed by atoms with Crippen LogP contribution in [0.1, 0.15) is 44.3 Å². The van der Waals surface area contributed by atoms with Crippen LogP contribution >= 0.6 is 11.3 Å². The first-order valence-corrected chi connectivity index (χ1v) is 9.20. The number of hydrogen-bond acceptors (Lipinski definition) is 5. The average Bonchev–Trinajstić information content (AvgIpc) is 3.31. The maximum atomic E-state index is 12.7. The van der Waals surface area contributed by atoms with Crippen LogP contribution in [0, 0.1) is 6.92 Å². The number of thiophene rings is 1. The molecule has 0 bridgehead atoms. The number of ether oxygens (including phenoxy) is 1. The molecule has 1 aromatic carbocycles. The number of carbonyl (C=O) groups is 2. The largest absolute Gasteiger partial charge is 0.496 e. The molecule has 140 valence electrons. The quantitative estimate of drug-likeness (QED) is 0.660.